The predicted octanol–water partition coefficient (Wildman–Crippen LogP) is 3.81. The van der Waals surface area contributed by atoms with Crippen molar-refractivity contribution in [1.29, 1.82) is 0 Å². The van der Waals surface area contributed by atoms with Crippen molar-refractivity contribution < 1.29 is 0 Å². The maximum Gasteiger partial charge on any atom is 0.0640 e. The summed E-state index contributed by atoms with van der Waals surface area (Å²) in [7, 11) is 0. The summed E-state index contributed by atoms with van der Waals surface area (Å²) in [5.74, 6) is 0. The highest BCUT2D eigenvalue weighted by molar-refractivity contribution is 5.02. The molecule has 110 valence electrons. The summed E-state index contributed by atoms with van der Waals surface area (Å²) >= 11 is 0. The average molecular weight is 265 g/mol. The number of nitrogens with one attached hydrogen (secondary N) is 1. The minimum Gasteiger partial charge on any atom is -0.314 e. The van der Waals surface area contributed by atoms with Crippen molar-refractivity contribution in [2.45, 2.75) is 72.9 Å². The monoisotopic (exact) mass is 265 g/mol. The number of hydrogen-bond donors (Lipinski definition) is 1. The highest BCUT2D eigenvalue weighted by atomic mass is 15.3. The topological polar surface area (TPSA) is 29.9 Å². The van der Waals surface area contributed by atoms with Gasteiger partial charge in [0.05, 0.1) is 5.69 Å². The predicted molar refractivity (Wildman–Crippen MR) is 82.5 cm³/mol. The second-order valence-corrected chi connectivity index (χ2v) is 6.77. The van der Waals surface area contributed by atoms with Crippen LogP contribution in [-0.2, 0) is 6.42 Å². The third kappa shape index (κ3) is 5.77. The molecule has 0 spiro atoms. The smallest absolute Gasteiger partial charge is 0.0640 e. The van der Waals surface area contributed by atoms with Crippen molar-refractivity contribution in [1.82, 2.24) is 15.1 Å². The van der Waals surface area contributed by atoms with Gasteiger partial charge in [-0.05, 0) is 37.8 Å². The SMILES string of the molecule is CCNC(Cc1ccn(C(C)CC)n1)CC(C)(C)C. The Balaban J connectivity index is 2.65. The molecule has 0 fully saturated rings. The molecule has 19 heavy (non-hydrogen) atoms. The van der Waals surface area contributed by atoms with Gasteiger partial charge in [-0.25, -0.2) is 0 Å². The Morgan fingerprint density at radius 1 is 1.32 bits per heavy atom. The van der Waals surface area contributed by atoms with E-state index in [0.717, 1.165) is 19.4 Å². The molecule has 0 radical (unpaired) electrons. The van der Waals surface area contributed by atoms with E-state index in [2.05, 4.69) is 63.8 Å². The normalized spacial score (nSPS) is 15.5. The van der Waals surface area contributed by atoms with E-state index >= 15 is 0 Å². The Hall–Kier alpha value is -0.830. The first-order valence-corrected chi connectivity index (χ1v) is 7.63. The van der Waals surface area contributed by atoms with Crippen LogP contribution in [0.3, 0.4) is 0 Å². The van der Waals surface area contributed by atoms with Gasteiger partial charge in [-0.3, -0.25) is 4.68 Å². The molecule has 1 N–H and O–H groups in total. The molecule has 0 bridgehead atoms. The fourth-order valence-corrected chi connectivity index (χ4v) is 2.42. The highest BCUT2D eigenvalue weighted by Gasteiger charge is 2.19. The van der Waals surface area contributed by atoms with Gasteiger partial charge in [-0.2, -0.15) is 5.10 Å². The van der Waals surface area contributed by atoms with Crippen molar-refractivity contribution in [3.05, 3.63) is 18.0 Å². The van der Waals surface area contributed by atoms with E-state index in [4.69, 9.17) is 5.10 Å². The molecule has 0 aliphatic rings. The summed E-state index contributed by atoms with van der Waals surface area (Å²) in [5.41, 5.74) is 1.56. The van der Waals surface area contributed by atoms with Crippen molar-refractivity contribution in [3.8, 4) is 0 Å². The van der Waals surface area contributed by atoms with Crippen LogP contribution in [-0.4, -0.2) is 22.4 Å². The summed E-state index contributed by atoms with van der Waals surface area (Å²) in [6, 6.07) is 3.18. The molecule has 3 nitrogen and oxygen atoms in total. The Bertz CT molecular complexity index is 362. The van der Waals surface area contributed by atoms with Crippen LogP contribution in [0, 0.1) is 5.41 Å². The number of nitrogens with zero attached hydrogens (tertiary/aromatic N) is 2. The van der Waals surface area contributed by atoms with Gasteiger partial charge in [0.1, 0.15) is 0 Å². The number of aromatic nitrogens is 2. The van der Waals surface area contributed by atoms with Crippen molar-refractivity contribution in [3.63, 3.8) is 0 Å². The van der Waals surface area contributed by atoms with Gasteiger partial charge in [0.15, 0.2) is 0 Å². The summed E-state index contributed by atoms with van der Waals surface area (Å²) < 4.78 is 2.09. The minimum atomic E-state index is 0.353. The fraction of sp³-hybridized carbons (Fsp3) is 0.812. The summed E-state index contributed by atoms with van der Waals surface area (Å²) in [6.45, 7) is 14.5. The zero-order chi connectivity index (χ0) is 14.5. The Morgan fingerprint density at radius 2 is 2.00 bits per heavy atom. The van der Waals surface area contributed by atoms with Crippen LogP contribution in [0.1, 0.15) is 66.1 Å². The van der Waals surface area contributed by atoms with Gasteiger partial charge in [-0.15, -0.1) is 0 Å². The van der Waals surface area contributed by atoms with Crippen LogP contribution in [0.15, 0.2) is 12.3 Å². The fourth-order valence-electron chi connectivity index (χ4n) is 2.42. The molecule has 3 heteroatoms. The third-order valence-electron chi connectivity index (χ3n) is 3.51. The van der Waals surface area contributed by atoms with Crippen molar-refractivity contribution in [2.75, 3.05) is 6.54 Å². The quantitative estimate of drug-likeness (QED) is 0.812. The Labute approximate surface area is 118 Å². The lowest BCUT2D eigenvalue weighted by Gasteiger charge is -2.26. The van der Waals surface area contributed by atoms with Gasteiger partial charge in [0.25, 0.3) is 0 Å². The van der Waals surface area contributed by atoms with E-state index in [1.165, 1.54) is 12.1 Å². The third-order valence-corrected chi connectivity index (χ3v) is 3.51. The largest absolute Gasteiger partial charge is 0.314 e. The van der Waals surface area contributed by atoms with Crippen molar-refractivity contribution >= 4 is 0 Å². The molecular formula is C16H31N3. The first-order valence-electron chi connectivity index (χ1n) is 7.63. The van der Waals surface area contributed by atoms with E-state index in [-0.39, 0.29) is 0 Å². The molecule has 2 atom stereocenters. The minimum absolute atomic E-state index is 0.353. The van der Waals surface area contributed by atoms with Crippen LogP contribution in [0.5, 0.6) is 0 Å². The van der Waals surface area contributed by atoms with Gasteiger partial charge in [-0.1, -0.05) is 34.6 Å². The summed E-state index contributed by atoms with van der Waals surface area (Å²) in [5, 5.41) is 8.30. The molecule has 0 aliphatic carbocycles. The number of rotatable bonds is 7. The Morgan fingerprint density at radius 3 is 2.53 bits per heavy atom. The summed E-state index contributed by atoms with van der Waals surface area (Å²) in [4.78, 5) is 0. The van der Waals surface area contributed by atoms with E-state index < -0.39 is 0 Å². The molecule has 0 saturated heterocycles. The van der Waals surface area contributed by atoms with Crippen LogP contribution >= 0.6 is 0 Å². The number of hydrogen-bond acceptors (Lipinski definition) is 2. The van der Waals surface area contributed by atoms with E-state index in [1.54, 1.807) is 0 Å². The molecule has 0 saturated carbocycles. The average Bonchev–Trinajstić information content (AvgIpc) is 2.74. The van der Waals surface area contributed by atoms with E-state index in [1.807, 2.05) is 0 Å². The van der Waals surface area contributed by atoms with Gasteiger partial charge in [0.2, 0.25) is 0 Å². The second-order valence-electron chi connectivity index (χ2n) is 6.77. The zero-order valence-corrected chi connectivity index (χ0v) is 13.5. The maximum atomic E-state index is 4.71. The number of likely N-dealkylation sites (N-methyl/N-ethyl adjacent to an activating group) is 1. The zero-order valence-electron chi connectivity index (χ0n) is 13.5. The molecule has 1 aromatic rings. The second kappa shape index (κ2) is 7.09. The van der Waals surface area contributed by atoms with Crippen LogP contribution in [0.4, 0.5) is 0 Å². The molecule has 2 unspecified atom stereocenters. The first kappa shape index (κ1) is 16.2. The first-order chi connectivity index (χ1) is 8.85. The molecule has 0 aliphatic heterocycles. The lowest BCUT2D eigenvalue weighted by Crippen LogP contribution is -2.34. The van der Waals surface area contributed by atoms with Crippen molar-refractivity contribution in [2.24, 2.45) is 5.41 Å². The van der Waals surface area contributed by atoms with Gasteiger partial charge < -0.3 is 5.32 Å². The highest BCUT2D eigenvalue weighted by Crippen LogP contribution is 2.22. The van der Waals surface area contributed by atoms with Gasteiger partial charge >= 0.3 is 0 Å². The lowest BCUT2D eigenvalue weighted by atomic mass is 9.86. The maximum absolute atomic E-state index is 4.71. The molecular weight excluding hydrogens is 234 g/mol. The van der Waals surface area contributed by atoms with Gasteiger partial charge in [0, 0.05) is 24.7 Å². The molecule has 1 rings (SSSR count). The van der Waals surface area contributed by atoms with E-state index in [0.29, 0.717) is 17.5 Å². The van der Waals surface area contributed by atoms with E-state index in [9.17, 15) is 0 Å². The molecule has 0 aromatic carbocycles. The van der Waals surface area contributed by atoms with Crippen LogP contribution < -0.4 is 5.32 Å². The molecule has 0 amide bonds. The lowest BCUT2D eigenvalue weighted by molar-refractivity contribution is 0.307. The summed E-state index contributed by atoms with van der Waals surface area (Å²) in [6.07, 6.45) is 5.44. The van der Waals surface area contributed by atoms with Crippen LogP contribution in [0.25, 0.3) is 0 Å². The van der Waals surface area contributed by atoms with Crippen LogP contribution in [0.2, 0.25) is 0 Å². The molecule has 1 aromatic heterocycles. The Kier molecular flexibility index (Phi) is 6.05. The molecule has 1 heterocycles. The standard InChI is InChI=1S/C16H31N3/c1-7-13(3)19-10-9-14(18-19)11-15(17-8-2)12-16(4,5)6/h9-10,13,15,17H,7-8,11-12H2,1-6H3.